The Hall–Kier alpha value is -1.32. The van der Waals surface area contributed by atoms with Gasteiger partial charge in [0.2, 0.25) is 0 Å². The number of allylic oxidation sites excluding steroid dienone is 2. The first kappa shape index (κ1) is 16.5. The van der Waals surface area contributed by atoms with Gasteiger partial charge in [-0.1, -0.05) is 19.1 Å². The van der Waals surface area contributed by atoms with Gasteiger partial charge >= 0.3 is 11.9 Å². The molecule has 3 aliphatic rings. The molecule has 2 fully saturated rings. The second-order valence-corrected chi connectivity index (χ2v) is 7.38. The van der Waals surface area contributed by atoms with Gasteiger partial charge in [-0.2, -0.15) is 0 Å². The molecule has 4 nitrogen and oxygen atoms in total. The number of rotatable bonds is 7. The molecule has 23 heavy (non-hydrogen) atoms. The second kappa shape index (κ2) is 7.06. The van der Waals surface area contributed by atoms with E-state index in [4.69, 9.17) is 9.47 Å². The Morgan fingerprint density at radius 2 is 1.96 bits per heavy atom. The Balaban J connectivity index is 1.33. The minimum Gasteiger partial charge on any atom is -0.465 e. The van der Waals surface area contributed by atoms with E-state index >= 15 is 0 Å². The van der Waals surface area contributed by atoms with Crippen molar-refractivity contribution in [2.45, 2.75) is 70.3 Å². The van der Waals surface area contributed by atoms with E-state index in [-0.39, 0.29) is 23.5 Å². The number of esters is 2. The summed E-state index contributed by atoms with van der Waals surface area (Å²) in [6, 6.07) is 0. The molecule has 3 unspecified atom stereocenters. The summed E-state index contributed by atoms with van der Waals surface area (Å²) in [5.74, 6) is 0.760. The fourth-order valence-corrected chi connectivity index (χ4v) is 4.39. The zero-order valence-corrected chi connectivity index (χ0v) is 14.1. The van der Waals surface area contributed by atoms with Crippen molar-refractivity contribution in [2.75, 3.05) is 6.61 Å². The third-order valence-electron chi connectivity index (χ3n) is 5.84. The highest BCUT2D eigenvalue weighted by Crippen LogP contribution is 2.43. The number of fused-ring (bicyclic) bond motifs is 2. The molecule has 3 rings (SSSR count). The van der Waals surface area contributed by atoms with Crippen LogP contribution in [0, 0.1) is 17.8 Å². The zero-order valence-electron chi connectivity index (χ0n) is 14.1. The molecule has 0 saturated heterocycles. The molecular formula is C19H28O4. The van der Waals surface area contributed by atoms with Crippen molar-refractivity contribution >= 4 is 11.9 Å². The average molecular weight is 320 g/mol. The van der Waals surface area contributed by atoms with Crippen LogP contribution in [0.2, 0.25) is 0 Å². The summed E-state index contributed by atoms with van der Waals surface area (Å²) in [4.78, 5) is 24.1. The lowest BCUT2D eigenvalue weighted by Gasteiger charge is -2.27. The van der Waals surface area contributed by atoms with Crippen molar-refractivity contribution in [1.82, 2.24) is 0 Å². The molecule has 0 aromatic carbocycles. The lowest BCUT2D eigenvalue weighted by Crippen LogP contribution is -2.31. The van der Waals surface area contributed by atoms with E-state index in [2.05, 4.69) is 19.1 Å². The molecule has 0 radical (unpaired) electrons. The predicted octanol–water partition coefficient (Wildman–Crippen LogP) is 3.79. The van der Waals surface area contributed by atoms with Crippen LogP contribution in [0.4, 0.5) is 0 Å². The van der Waals surface area contributed by atoms with E-state index in [9.17, 15) is 9.59 Å². The smallest absolute Gasteiger partial charge is 0.309 e. The van der Waals surface area contributed by atoms with Crippen molar-refractivity contribution in [3.05, 3.63) is 12.2 Å². The molecule has 128 valence electrons. The van der Waals surface area contributed by atoms with Crippen LogP contribution in [0.3, 0.4) is 0 Å². The molecule has 0 N–H and O–H groups in total. The van der Waals surface area contributed by atoms with Crippen LogP contribution in [-0.4, -0.2) is 24.1 Å². The van der Waals surface area contributed by atoms with Gasteiger partial charge in [0, 0.05) is 6.42 Å². The number of hydrogen-bond acceptors (Lipinski definition) is 4. The van der Waals surface area contributed by atoms with Gasteiger partial charge in [0.1, 0.15) is 5.60 Å². The normalized spacial score (nSPS) is 30.6. The lowest BCUT2D eigenvalue weighted by atomic mass is 9.94. The molecule has 2 bridgehead atoms. The molecule has 0 heterocycles. The quantitative estimate of drug-likeness (QED) is 0.407. The second-order valence-electron chi connectivity index (χ2n) is 7.38. The molecule has 4 heteroatoms. The summed E-state index contributed by atoms with van der Waals surface area (Å²) in [6.45, 7) is 2.41. The zero-order chi connectivity index (χ0) is 16.3. The van der Waals surface area contributed by atoms with Crippen LogP contribution in [0.15, 0.2) is 12.2 Å². The van der Waals surface area contributed by atoms with Crippen LogP contribution < -0.4 is 0 Å². The first-order valence-electron chi connectivity index (χ1n) is 9.19. The Morgan fingerprint density at radius 1 is 1.17 bits per heavy atom. The molecule has 3 atom stereocenters. The Morgan fingerprint density at radius 3 is 2.57 bits per heavy atom. The molecule has 0 spiro atoms. The Kier molecular flexibility index (Phi) is 5.08. The maximum Gasteiger partial charge on any atom is 0.309 e. The van der Waals surface area contributed by atoms with Crippen molar-refractivity contribution in [3.63, 3.8) is 0 Å². The predicted molar refractivity (Wildman–Crippen MR) is 86.6 cm³/mol. The van der Waals surface area contributed by atoms with Crippen molar-refractivity contribution in [2.24, 2.45) is 17.8 Å². The molecule has 0 aliphatic heterocycles. The van der Waals surface area contributed by atoms with Gasteiger partial charge < -0.3 is 9.47 Å². The number of hydrogen-bond donors (Lipinski definition) is 0. The number of carbonyl (C=O) groups is 2. The molecular weight excluding hydrogens is 292 g/mol. The van der Waals surface area contributed by atoms with Crippen LogP contribution in [0.25, 0.3) is 0 Å². The summed E-state index contributed by atoms with van der Waals surface area (Å²) in [5, 5.41) is 0. The highest BCUT2D eigenvalue weighted by Gasteiger charge is 2.40. The minimum atomic E-state index is -0.219. The Labute approximate surface area is 138 Å². The third kappa shape index (κ3) is 3.78. The van der Waals surface area contributed by atoms with Crippen LogP contribution >= 0.6 is 0 Å². The van der Waals surface area contributed by atoms with Gasteiger partial charge in [0.25, 0.3) is 0 Å². The van der Waals surface area contributed by atoms with Gasteiger partial charge in [0.15, 0.2) is 0 Å². The van der Waals surface area contributed by atoms with Gasteiger partial charge in [-0.15, -0.1) is 0 Å². The Bertz CT molecular complexity index is 476. The molecule has 2 saturated carbocycles. The minimum absolute atomic E-state index is 0.0406. The van der Waals surface area contributed by atoms with E-state index in [1.54, 1.807) is 0 Å². The molecule has 3 aliphatic carbocycles. The monoisotopic (exact) mass is 320 g/mol. The van der Waals surface area contributed by atoms with Crippen LogP contribution in [0.1, 0.15) is 64.7 Å². The fourth-order valence-electron chi connectivity index (χ4n) is 4.39. The maximum absolute atomic E-state index is 12.1. The van der Waals surface area contributed by atoms with E-state index in [0.29, 0.717) is 31.3 Å². The summed E-state index contributed by atoms with van der Waals surface area (Å²) in [6.07, 6.45) is 12.5. The lowest BCUT2D eigenvalue weighted by molar-refractivity contribution is -0.161. The average Bonchev–Trinajstić information content (AvgIpc) is 3.28. The summed E-state index contributed by atoms with van der Waals surface area (Å²) in [5.41, 5.74) is -0.219. The summed E-state index contributed by atoms with van der Waals surface area (Å²) < 4.78 is 11.1. The third-order valence-corrected chi connectivity index (χ3v) is 5.84. The van der Waals surface area contributed by atoms with E-state index < -0.39 is 0 Å². The van der Waals surface area contributed by atoms with Gasteiger partial charge in [-0.3, -0.25) is 9.59 Å². The van der Waals surface area contributed by atoms with Gasteiger partial charge in [-0.25, -0.2) is 0 Å². The number of ether oxygens (including phenoxy) is 2. The van der Waals surface area contributed by atoms with Crippen molar-refractivity contribution < 1.29 is 19.1 Å². The van der Waals surface area contributed by atoms with E-state index in [1.807, 2.05) is 0 Å². The first-order valence-corrected chi connectivity index (χ1v) is 9.19. The highest BCUT2D eigenvalue weighted by molar-refractivity contribution is 5.74. The SMILES string of the molecule is CCC1(OC(=O)CCCOC(=O)C2CC3C=CC2C3)CCCC1. The van der Waals surface area contributed by atoms with Crippen molar-refractivity contribution in [3.8, 4) is 0 Å². The summed E-state index contributed by atoms with van der Waals surface area (Å²) >= 11 is 0. The van der Waals surface area contributed by atoms with Gasteiger partial charge in [-0.05, 0) is 63.2 Å². The standard InChI is InChI=1S/C19H28O4/c1-2-19(9-3-4-10-19)23-17(20)6-5-11-22-18(21)16-13-14-7-8-15(16)12-14/h7-8,14-16H,2-6,9-13H2,1H3. The molecule has 0 amide bonds. The van der Waals surface area contributed by atoms with E-state index in [1.165, 1.54) is 0 Å². The fraction of sp³-hybridized carbons (Fsp3) is 0.789. The van der Waals surface area contributed by atoms with Crippen LogP contribution in [-0.2, 0) is 19.1 Å². The van der Waals surface area contributed by atoms with Crippen LogP contribution in [0.5, 0.6) is 0 Å². The highest BCUT2D eigenvalue weighted by atomic mass is 16.6. The first-order chi connectivity index (χ1) is 11.1. The maximum atomic E-state index is 12.1. The van der Waals surface area contributed by atoms with Gasteiger partial charge in [0.05, 0.1) is 12.5 Å². The summed E-state index contributed by atoms with van der Waals surface area (Å²) in [7, 11) is 0. The molecule has 0 aromatic rings. The number of carbonyl (C=O) groups excluding carboxylic acids is 2. The van der Waals surface area contributed by atoms with Crippen molar-refractivity contribution in [1.29, 1.82) is 0 Å². The van der Waals surface area contributed by atoms with E-state index in [0.717, 1.165) is 44.9 Å². The topological polar surface area (TPSA) is 52.6 Å². The molecule has 0 aromatic heterocycles. The largest absolute Gasteiger partial charge is 0.465 e.